The van der Waals surface area contributed by atoms with E-state index in [9.17, 15) is 0 Å². The fraction of sp³-hybridized carbons (Fsp3) is 0.778. The summed E-state index contributed by atoms with van der Waals surface area (Å²) in [6.45, 7) is 2.55. The SMILES string of the molecule is CC12CC3CC(C1)CC(C(N)CCc1cccs1)(C3)C2. The molecule has 5 rings (SSSR count). The zero-order chi connectivity index (χ0) is 13.8. The number of rotatable bonds is 4. The molecule has 4 saturated carbocycles. The second-order valence-electron chi connectivity index (χ2n) is 8.36. The average molecular weight is 289 g/mol. The first-order valence-corrected chi connectivity index (χ1v) is 9.23. The molecule has 1 nitrogen and oxygen atoms in total. The van der Waals surface area contributed by atoms with Crippen LogP contribution in [0.2, 0.25) is 0 Å². The van der Waals surface area contributed by atoms with E-state index in [0.29, 0.717) is 16.9 Å². The van der Waals surface area contributed by atoms with Crippen LogP contribution in [0.25, 0.3) is 0 Å². The van der Waals surface area contributed by atoms with E-state index in [-0.39, 0.29) is 0 Å². The van der Waals surface area contributed by atoms with Crippen molar-refractivity contribution < 1.29 is 0 Å². The molecule has 1 aromatic heterocycles. The summed E-state index contributed by atoms with van der Waals surface area (Å²) >= 11 is 1.89. The van der Waals surface area contributed by atoms with Crippen LogP contribution < -0.4 is 5.73 Å². The van der Waals surface area contributed by atoms with Crippen molar-refractivity contribution in [3.05, 3.63) is 22.4 Å². The van der Waals surface area contributed by atoms with Crippen molar-refractivity contribution in [3.8, 4) is 0 Å². The first-order valence-electron chi connectivity index (χ1n) is 8.35. The number of hydrogen-bond acceptors (Lipinski definition) is 2. The average Bonchev–Trinajstić information content (AvgIpc) is 2.85. The van der Waals surface area contributed by atoms with Gasteiger partial charge in [-0.3, -0.25) is 0 Å². The Bertz CT molecular complexity index is 464. The minimum absolute atomic E-state index is 0.426. The molecule has 4 bridgehead atoms. The van der Waals surface area contributed by atoms with Crippen LogP contribution in [0.1, 0.15) is 56.7 Å². The molecule has 1 aromatic rings. The molecular weight excluding hydrogens is 262 g/mol. The minimum atomic E-state index is 0.426. The maximum absolute atomic E-state index is 6.75. The van der Waals surface area contributed by atoms with Crippen molar-refractivity contribution in [2.75, 3.05) is 0 Å². The third-order valence-corrected chi connectivity index (χ3v) is 7.40. The summed E-state index contributed by atoms with van der Waals surface area (Å²) in [6.07, 6.45) is 11.2. The first kappa shape index (κ1) is 13.3. The van der Waals surface area contributed by atoms with Gasteiger partial charge >= 0.3 is 0 Å². The van der Waals surface area contributed by atoms with Crippen LogP contribution in [0.15, 0.2) is 17.5 Å². The van der Waals surface area contributed by atoms with Gasteiger partial charge < -0.3 is 5.73 Å². The lowest BCUT2D eigenvalue weighted by Gasteiger charge is -2.63. The zero-order valence-corrected chi connectivity index (χ0v) is 13.4. The molecule has 0 aromatic carbocycles. The van der Waals surface area contributed by atoms with Crippen LogP contribution in [0, 0.1) is 22.7 Å². The molecule has 4 aliphatic carbocycles. The van der Waals surface area contributed by atoms with Gasteiger partial charge in [-0.1, -0.05) is 13.0 Å². The molecule has 0 spiro atoms. The Morgan fingerprint density at radius 1 is 1.30 bits per heavy atom. The summed E-state index contributed by atoms with van der Waals surface area (Å²) in [5, 5.41) is 2.19. The van der Waals surface area contributed by atoms with E-state index < -0.39 is 0 Å². The van der Waals surface area contributed by atoms with Gasteiger partial charge in [0.25, 0.3) is 0 Å². The Hall–Kier alpha value is -0.340. The monoisotopic (exact) mass is 289 g/mol. The van der Waals surface area contributed by atoms with Crippen molar-refractivity contribution in [2.24, 2.45) is 28.4 Å². The van der Waals surface area contributed by atoms with Crippen molar-refractivity contribution in [1.82, 2.24) is 0 Å². The molecule has 0 aliphatic heterocycles. The maximum Gasteiger partial charge on any atom is 0.00994 e. The summed E-state index contributed by atoms with van der Waals surface area (Å²) in [5.41, 5.74) is 7.88. The van der Waals surface area contributed by atoms with Crippen LogP contribution in [-0.2, 0) is 6.42 Å². The number of aryl methyl sites for hydroxylation is 1. The Kier molecular flexibility index (Phi) is 3.05. The van der Waals surface area contributed by atoms with Crippen molar-refractivity contribution in [1.29, 1.82) is 0 Å². The summed E-state index contributed by atoms with van der Waals surface area (Å²) in [5.74, 6) is 1.99. The molecular formula is C18H27NS. The van der Waals surface area contributed by atoms with Gasteiger partial charge in [0.05, 0.1) is 0 Å². The number of thiophene rings is 1. The van der Waals surface area contributed by atoms with Crippen LogP contribution >= 0.6 is 11.3 Å². The smallest absolute Gasteiger partial charge is 0.00994 e. The molecule has 3 unspecified atom stereocenters. The molecule has 20 heavy (non-hydrogen) atoms. The highest BCUT2D eigenvalue weighted by Gasteiger charge is 2.57. The van der Waals surface area contributed by atoms with Gasteiger partial charge in [0.15, 0.2) is 0 Å². The molecule has 4 fully saturated rings. The Morgan fingerprint density at radius 2 is 2.05 bits per heavy atom. The van der Waals surface area contributed by atoms with Gasteiger partial charge in [-0.05, 0) is 85.5 Å². The highest BCUT2D eigenvalue weighted by atomic mass is 32.1. The highest BCUT2D eigenvalue weighted by molar-refractivity contribution is 7.09. The third-order valence-electron chi connectivity index (χ3n) is 6.47. The lowest BCUT2D eigenvalue weighted by atomic mass is 9.43. The summed E-state index contributed by atoms with van der Waals surface area (Å²) in [7, 11) is 0. The van der Waals surface area contributed by atoms with E-state index in [1.54, 1.807) is 0 Å². The van der Waals surface area contributed by atoms with Crippen LogP contribution in [0.5, 0.6) is 0 Å². The topological polar surface area (TPSA) is 26.0 Å². The molecule has 0 amide bonds. The van der Waals surface area contributed by atoms with Crippen molar-refractivity contribution >= 4 is 11.3 Å². The highest BCUT2D eigenvalue weighted by Crippen LogP contribution is 2.66. The van der Waals surface area contributed by atoms with E-state index in [4.69, 9.17) is 5.73 Å². The fourth-order valence-electron chi connectivity index (χ4n) is 6.29. The predicted molar refractivity (Wildman–Crippen MR) is 85.8 cm³/mol. The van der Waals surface area contributed by atoms with E-state index in [2.05, 4.69) is 24.4 Å². The van der Waals surface area contributed by atoms with Gasteiger partial charge in [-0.25, -0.2) is 0 Å². The molecule has 1 heterocycles. The summed E-state index contributed by atoms with van der Waals surface area (Å²) < 4.78 is 0. The van der Waals surface area contributed by atoms with Crippen molar-refractivity contribution in [3.63, 3.8) is 0 Å². The molecule has 3 atom stereocenters. The van der Waals surface area contributed by atoms with E-state index >= 15 is 0 Å². The summed E-state index contributed by atoms with van der Waals surface area (Å²) in [4.78, 5) is 1.51. The van der Waals surface area contributed by atoms with Gasteiger partial charge in [0.1, 0.15) is 0 Å². The largest absolute Gasteiger partial charge is 0.327 e. The predicted octanol–water partition coefficient (Wildman–Crippen LogP) is 4.61. The Balaban J connectivity index is 1.49. The molecule has 2 heteroatoms. The molecule has 0 radical (unpaired) electrons. The normalized spacial score (nSPS) is 43.9. The van der Waals surface area contributed by atoms with Crippen LogP contribution in [0.4, 0.5) is 0 Å². The van der Waals surface area contributed by atoms with Crippen LogP contribution in [0.3, 0.4) is 0 Å². The van der Waals surface area contributed by atoms with E-state index in [1.807, 2.05) is 11.3 Å². The Morgan fingerprint density at radius 3 is 2.65 bits per heavy atom. The third kappa shape index (κ3) is 2.16. The van der Waals surface area contributed by atoms with Gasteiger partial charge in [-0.2, -0.15) is 0 Å². The van der Waals surface area contributed by atoms with Crippen LogP contribution in [-0.4, -0.2) is 6.04 Å². The number of nitrogens with two attached hydrogens (primary N) is 1. The van der Waals surface area contributed by atoms with Gasteiger partial charge in [0.2, 0.25) is 0 Å². The van der Waals surface area contributed by atoms with E-state index in [1.165, 1.54) is 56.2 Å². The maximum atomic E-state index is 6.75. The summed E-state index contributed by atoms with van der Waals surface area (Å²) in [6, 6.07) is 4.85. The molecule has 0 saturated heterocycles. The van der Waals surface area contributed by atoms with Crippen molar-refractivity contribution in [2.45, 2.75) is 64.3 Å². The standard InChI is InChI=1S/C18H27NS/c1-17-8-13-7-14(9-17)11-18(10-13,12-17)16(19)5-4-15-3-2-6-20-15/h2-3,6,13-14,16H,4-5,7-12,19H2,1H3. The zero-order valence-electron chi connectivity index (χ0n) is 12.6. The molecule has 110 valence electrons. The fourth-order valence-corrected chi connectivity index (χ4v) is 7.02. The minimum Gasteiger partial charge on any atom is -0.327 e. The second kappa shape index (κ2) is 4.58. The number of hydrogen-bond donors (Lipinski definition) is 1. The lowest BCUT2D eigenvalue weighted by molar-refractivity contribution is -0.113. The van der Waals surface area contributed by atoms with Gasteiger partial charge in [0, 0.05) is 10.9 Å². The molecule has 2 N–H and O–H groups in total. The quantitative estimate of drug-likeness (QED) is 0.860. The van der Waals surface area contributed by atoms with Gasteiger partial charge in [-0.15, -0.1) is 11.3 Å². The van der Waals surface area contributed by atoms with E-state index in [0.717, 1.165) is 11.8 Å². The Labute approximate surface area is 127 Å². The lowest BCUT2D eigenvalue weighted by Crippen LogP contribution is -2.57. The molecule has 4 aliphatic rings. The second-order valence-corrected chi connectivity index (χ2v) is 9.39. The first-order chi connectivity index (χ1) is 9.57.